The standard InChI is InChI=1S/C72H124O6/c1-4-7-10-13-16-19-22-25-27-29-31-32-33-34-35-36-37-38-39-40-42-43-45-47-50-53-56-59-62-65-71(74)77-68-69(67-76-70(73)64-61-58-55-52-49-24-21-18-15-12-9-6-3)78-72(75)66-63-60-57-54-51-48-46-44-41-30-28-26-23-20-17-14-11-8-5-2/h8,11,17-18,20-22,25-26,28-29,31,41,44,48,51,69H,4-7,9-10,12-16,19,23-24,27,30,32-40,42-43,45-47,49-50,52-68H2,1-3H3/b11-8-,20-17-,21-18-,25-22-,28-26-,31-29-,44-41-,51-48-. The molecule has 0 aromatic carbocycles. The Bertz CT molecular complexity index is 1530. The summed E-state index contributed by atoms with van der Waals surface area (Å²) in [6, 6.07) is 0. The van der Waals surface area contributed by atoms with E-state index in [0.29, 0.717) is 12.8 Å². The highest BCUT2D eigenvalue weighted by molar-refractivity contribution is 5.71. The number of esters is 3. The molecule has 0 fully saturated rings. The Kier molecular flexibility index (Phi) is 62.7. The van der Waals surface area contributed by atoms with E-state index in [2.05, 4.69) is 118 Å². The van der Waals surface area contributed by atoms with Gasteiger partial charge in [-0.05, 0) is 122 Å². The molecule has 78 heavy (non-hydrogen) atoms. The van der Waals surface area contributed by atoms with Gasteiger partial charge in [0.25, 0.3) is 0 Å². The molecule has 0 amide bonds. The second-order valence-electron chi connectivity index (χ2n) is 22.0. The highest BCUT2D eigenvalue weighted by atomic mass is 16.6. The summed E-state index contributed by atoms with van der Waals surface area (Å²) in [5.41, 5.74) is 0. The molecule has 0 heterocycles. The first kappa shape index (κ1) is 74.3. The molecule has 0 radical (unpaired) electrons. The van der Waals surface area contributed by atoms with E-state index in [-0.39, 0.29) is 37.5 Å². The Balaban J connectivity index is 4.26. The van der Waals surface area contributed by atoms with Crippen molar-refractivity contribution in [1.29, 1.82) is 0 Å². The number of allylic oxidation sites excluding steroid dienone is 16. The van der Waals surface area contributed by atoms with Crippen LogP contribution in [-0.2, 0) is 28.6 Å². The van der Waals surface area contributed by atoms with Gasteiger partial charge in [0.05, 0.1) is 0 Å². The van der Waals surface area contributed by atoms with Crippen molar-refractivity contribution in [3.63, 3.8) is 0 Å². The molecule has 0 aliphatic carbocycles. The average Bonchev–Trinajstić information content (AvgIpc) is 3.44. The van der Waals surface area contributed by atoms with Crippen LogP contribution in [0.25, 0.3) is 0 Å². The summed E-state index contributed by atoms with van der Waals surface area (Å²) >= 11 is 0. The summed E-state index contributed by atoms with van der Waals surface area (Å²) in [6.45, 7) is 6.48. The van der Waals surface area contributed by atoms with Crippen LogP contribution in [0.3, 0.4) is 0 Å². The molecule has 0 rings (SSSR count). The highest BCUT2D eigenvalue weighted by Gasteiger charge is 2.19. The molecule has 6 nitrogen and oxygen atoms in total. The van der Waals surface area contributed by atoms with Crippen molar-refractivity contribution in [1.82, 2.24) is 0 Å². The highest BCUT2D eigenvalue weighted by Crippen LogP contribution is 2.17. The molecule has 1 atom stereocenters. The van der Waals surface area contributed by atoms with E-state index >= 15 is 0 Å². The molecule has 6 heteroatoms. The first-order chi connectivity index (χ1) is 38.5. The molecule has 0 aromatic heterocycles. The van der Waals surface area contributed by atoms with Gasteiger partial charge in [0.1, 0.15) is 13.2 Å². The van der Waals surface area contributed by atoms with E-state index < -0.39 is 6.10 Å². The summed E-state index contributed by atoms with van der Waals surface area (Å²) in [5.74, 6) is -0.924. The molecule has 1 unspecified atom stereocenters. The molecule has 0 aromatic rings. The summed E-state index contributed by atoms with van der Waals surface area (Å²) in [4.78, 5) is 38.3. The van der Waals surface area contributed by atoms with Crippen molar-refractivity contribution in [2.45, 2.75) is 329 Å². The average molecular weight is 1090 g/mol. The van der Waals surface area contributed by atoms with Crippen molar-refractivity contribution in [3.8, 4) is 0 Å². The van der Waals surface area contributed by atoms with Crippen LogP contribution in [0, 0.1) is 0 Å². The summed E-state index contributed by atoms with van der Waals surface area (Å²) in [7, 11) is 0. The molecular weight excluding hydrogens is 961 g/mol. The second kappa shape index (κ2) is 65.8. The Morgan fingerprint density at radius 1 is 0.269 bits per heavy atom. The monoisotopic (exact) mass is 1080 g/mol. The van der Waals surface area contributed by atoms with Crippen LogP contribution in [-0.4, -0.2) is 37.2 Å². The second-order valence-corrected chi connectivity index (χ2v) is 22.0. The zero-order chi connectivity index (χ0) is 56.4. The number of unbranched alkanes of at least 4 members (excludes halogenated alkanes) is 33. The minimum Gasteiger partial charge on any atom is -0.462 e. The van der Waals surface area contributed by atoms with Crippen molar-refractivity contribution in [2.75, 3.05) is 13.2 Å². The van der Waals surface area contributed by atoms with Crippen LogP contribution in [0.5, 0.6) is 0 Å². The third kappa shape index (κ3) is 63.2. The normalized spacial score (nSPS) is 12.7. The Morgan fingerprint density at radius 3 is 0.833 bits per heavy atom. The van der Waals surface area contributed by atoms with Crippen molar-refractivity contribution < 1.29 is 28.6 Å². The maximum Gasteiger partial charge on any atom is 0.306 e. The van der Waals surface area contributed by atoms with Crippen LogP contribution < -0.4 is 0 Å². The van der Waals surface area contributed by atoms with Crippen molar-refractivity contribution in [2.24, 2.45) is 0 Å². The predicted molar refractivity (Wildman–Crippen MR) is 339 cm³/mol. The van der Waals surface area contributed by atoms with Gasteiger partial charge in [0.2, 0.25) is 0 Å². The van der Waals surface area contributed by atoms with E-state index in [1.54, 1.807) is 0 Å². The quantitative estimate of drug-likeness (QED) is 0.0261. The molecule has 448 valence electrons. The van der Waals surface area contributed by atoms with Gasteiger partial charge in [-0.15, -0.1) is 0 Å². The maximum atomic E-state index is 12.9. The molecule has 0 saturated heterocycles. The van der Waals surface area contributed by atoms with Crippen LogP contribution in [0.4, 0.5) is 0 Å². The van der Waals surface area contributed by atoms with E-state index in [9.17, 15) is 14.4 Å². The van der Waals surface area contributed by atoms with Crippen molar-refractivity contribution >= 4 is 17.9 Å². The molecule has 0 bridgehead atoms. The fraction of sp³-hybridized carbons (Fsp3) is 0.736. The van der Waals surface area contributed by atoms with Gasteiger partial charge >= 0.3 is 17.9 Å². The number of carbonyl (C=O) groups excluding carboxylic acids is 3. The smallest absolute Gasteiger partial charge is 0.306 e. The first-order valence-corrected chi connectivity index (χ1v) is 33.2. The zero-order valence-corrected chi connectivity index (χ0v) is 51.4. The van der Waals surface area contributed by atoms with Gasteiger partial charge < -0.3 is 14.2 Å². The van der Waals surface area contributed by atoms with E-state index in [1.165, 1.54) is 173 Å². The number of carbonyl (C=O) groups is 3. The largest absolute Gasteiger partial charge is 0.462 e. The van der Waals surface area contributed by atoms with Crippen LogP contribution >= 0.6 is 0 Å². The van der Waals surface area contributed by atoms with E-state index in [4.69, 9.17) is 14.2 Å². The minimum absolute atomic E-state index is 0.0920. The fourth-order valence-corrected chi connectivity index (χ4v) is 9.32. The van der Waals surface area contributed by atoms with Crippen LogP contribution in [0.2, 0.25) is 0 Å². The SMILES string of the molecule is CC/C=C\C/C=C\C/C=C\C/C=C\C/C=C\CCCCCC(=O)OC(COC(=O)CCCCCCC/C=C\CCCCC)COC(=O)CCCCCCCCCCCCCCCCCCC/C=C\C/C=C\CCCCCCC. The summed E-state index contributed by atoms with van der Waals surface area (Å²) < 4.78 is 16.9. The number of hydrogen-bond acceptors (Lipinski definition) is 6. The van der Waals surface area contributed by atoms with Crippen LogP contribution in [0.1, 0.15) is 323 Å². The lowest BCUT2D eigenvalue weighted by Gasteiger charge is -2.18. The van der Waals surface area contributed by atoms with E-state index in [1.807, 2.05) is 0 Å². The number of hydrogen-bond donors (Lipinski definition) is 0. The number of rotatable bonds is 60. The maximum absolute atomic E-state index is 12.9. The lowest BCUT2D eigenvalue weighted by Crippen LogP contribution is -2.30. The molecule has 0 saturated carbocycles. The van der Waals surface area contributed by atoms with Crippen molar-refractivity contribution in [3.05, 3.63) is 97.2 Å². The zero-order valence-electron chi connectivity index (χ0n) is 51.4. The van der Waals surface area contributed by atoms with Gasteiger partial charge in [0.15, 0.2) is 6.10 Å². The fourth-order valence-electron chi connectivity index (χ4n) is 9.32. The minimum atomic E-state index is -0.799. The van der Waals surface area contributed by atoms with Gasteiger partial charge in [0, 0.05) is 19.3 Å². The lowest BCUT2D eigenvalue weighted by atomic mass is 10.0. The molecule has 0 aliphatic rings. The van der Waals surface area contributed by atoms with Crippen LogP contribution in [0.15, 0.2) is 97.2 Å². The van der Waals surface area contributed by atoms with Gasteiger partial charge in [-0.1, -0.05) is 279 Å². The van der Waals surface area contributed by atoms with Gasteiger partial charge in [-0.3, -0.25) is 14.4 Å². The third-order valence-electron chi connectivity index (χ3n) is 14.3. The molecule has 0 spiro atoms. The Morgan fingerprint density at radius 2 is 0.500 bits per heavy atom. The third-order valence-corrected chi connectivity index (χ3v) is 14.3. The predicted octanol–water partition coefficient (Wildman–Crippen LogP) is 22.8. The lowest BCUT2D eigenvalue weighted by molar-refractivity contribution is -0.167. The number of ether oxygens (including phenoxy) is 3. The summed E-state index contributed by atoms with van der Waals surface area (Å²) in [6.07, 6.45) is 88.6. The topological polar surface area (TPSA) is 78.9 Å². The van der Waals surface area contributed by atoms with Gasteiger partial charge in [-0.2, -0.15) is 0 Å². The summed E-state index contributed by atoms with van der Waals surface area (Å²) in [5, 5.41) is 0. The molecule has 0 aliphatic heterocycles. The van der Waals surface area contributed by atoms with Gasteiger partial charge in [-0.25, -0.2) is 0 Å². The molecule has 0 N–H and O–H groups in total. The Hall–Kier alpha value is -3.67. The molecular formula is C72H124O6. The first-order valence-electron chi connectivity index (χ1n) is 33.2. The Labute approximate surface area is 483 Å². The van der Waals surface area contributed by atoms with E-state index in [0.717, 1.165) is 109 Å².